The third-order valence-electron chi connectivity index (χ3n) is 2.85. The van der Waals surface area contributed by atoms with E-state index in [2.05, 4.69) is 30.1 Å². The average Bonchev–Trinajstić information content (AvgIpc) is 2.64. The number of anilines is 1. The Bertz CT molecular complexity index is 677. The van der Waals surface area contributed by atoms with Crippen molar-refractivity contribution in [2.45, 2.75) is 0 Å². The van der Waals surface area contributed by atoms with E-state index in [0.717, 1.165) is 17.0 Å². The molecular formula is C11H7N7. The second kappa shape index (κ2) is 3.39. The van der Waals surface area contributed by atoms with Crippen LogP contribution in [0.15, 0.2) is 29.6 Å². The summed E-state index contributed by atoms with van der Waals surface area (Å²) in [7, 11) is 0. The number of aromatic nitrogens is 5. The Kier molecular flexibility index (Phi) is 1.76. The van der Waals surface area contributed by atoms with E-state index in [1.807, 2.05) is 17.0 Å². The minimum atomic E-state index is 0.580. The predicted octanol–water partition coefficient (Wildman–Crippen LogP) is 0.392. The predicted molar refractivity (Wildman–Crippen MR) is 64.5 cm³/mol. The van der Waals surface area contributed by atoms with Crippen molar-refractivity contribution >= 4 is 23.6 Å². The molecule has 0 amide bonds. The number of hydrogen-bond donors (Lipinski definition) is 0. The molecule has 0 N–H and O–H groups in total. The molecule has 0 radical (unpaired) electrons. The second-order valence-corrected chi connectivity index (χ2v) is 3.92. The highest BCUT2D eigenvalue weighted by molar-refractivity contribution is 6.00. The van der Waals surface area contributed by atoms with Gasteiger partial charge in [-0.15, -0.1) is 0 Å². The minimum absolute atomic E-state index is 0.580. The molecule has 0 atom stereocenters. The Morgan fingerprint density at radius 1 is 1.22 bits per heavy atom. The normalized spacial score (nSPS) is 16.1. The number of fused-ring (bicyclic) bond motifs is 1. The summed E-state index contributed by atoms with van der Waals surface area (Å²) in [4.78, 5) is 18.9. The fourth-order valence-corrected chi connectivity index (χ4v) is 2.01. The van der Waals surface area contributed by atoms with Gasteiger partial charge in [-0.05, 0) is 12.1 Å². The highest BCUT2D eigenvalue weighted by Gasteiger charge is 2.27. The van der Waals surface area contributed by atoms with Gasteiger partial charge in [0.2, 0.25) is 5.95 Å². The maximum atomic E-state index is 4.38. The second-order valence-electron chi connectivity index (χ2n) is 3.92. The Balaban J connectivity index is 1.97. The summed E-state index contributed by atoms with van der Waals surface area (Å²) in [5.41, 5.74) is 2.50. The fourth-order valence-electron chi connectivity index (χ4n) is 2.01. The van der Waals surface area contributed by atoms with Crippen molar-refractivity contribution in [2.24, 2.45) is 4.99 Å². The smallest absolute Gasteiger partial charge is 0.234 e. The molecule has 5 heterocycles. The highest BCUT2D eigenvalue weighted by atomic mass is 15.3. The monoisotopic (exact) mass is 237 g/mol. The lowest BCUT2D eigenvalue weighted by Gasteiger charge is -2.19. The summed E-state index contributed by atoms with van der Waals surface area (Å²) < 4.78 is 0. The van der Waals surface area contributed by atoms with Gasteiger partial charge < -0.3 is 0 Å². The van der Waals surface area contributed by atoms with Gasteiger partial charge in [-0.25, -0.2) is 15.0 Å². The van der Waals surface area contributed by atoms with Crippen LogP contribution in [-0.2, 0) is 0 Å². The lowest BCUT2D eigenvalue weighted by Crippen LogP contribution is -2.26. The van der Waals surface area contributed by atoms with Crippen LogP contribution in [-0.4, -0.2) is 38.0 Å². The zero-order valence-corrected chi connectivity index (χ0v) is 9.22. The lowest BCUT2D eigenvalue weighted by molar-refractivity contribution is 0.976. The molecule has 0 saturated heterocycles. The van der Waals surface area contributed by atoms with Gasteiger partial charge in [0.1, 0.15) is 12.0 Å². The molecule has 7 nitrogen and oxygen atoms in total. The molecule has 0 unspecified atom stereocenters. The van der Waals surface area contributed by atoms with Crippen LogP contribution in [0.4, 0.5) is 5.95 Å². The van der Waals surface area contributed by atoms with E-state index < -0.39 is 0 Å². The topological polar surface area (TPSA) is 80.0 Å². The molecule has 7 heteroatoms. The van der Waals surface area contributed by atoms with E-state index in [4.69, 9.17) is 0 Å². The van der Waals surface area contributed by atoms with Crippen LogP contribution in [0.2, 0.25) is 0 Å². The average molecular weight is 237 g/mol. The van der Waals surface area contributed by atoms with Crippen LogP contribution >= 0.6 is 0 Å². The Morgan fingerprint density at radius 3 is 3.11 bits per heavy atom. The SMILES string of the molecule is C1=NC2=C(c3cccnn3)CN1c1ncnc2n1. The van der Waals surface area contributed by atoms with Crippen molar-refractivity contribution in [3.63, 3.8) is 0 Å². The molecule has 0 spiro atoms. The fraction of sp³-hybridized carbons (Fsp3) is 0.0909. The van der Waals surface area contributed by atoms with Gasteiger partial charge >= 0.3 is 0 Å². The van der Waals surface area contributed by atoms with Crippen LogP contribution in [0.1, 0.15) is 11.5 Å². The van der Waals surface area contributed by atoms with E-state index >= 15 is 0 Å². The van der Waals surface area contributed by atoms with Crippen LogP contribution in [0.3, 0.4) is 0 Å². The van der Waals surface area contributed by atoms with Crippen molar-refractivity contribution in [1.29, 1.82) is 0 Å². The Labute approximate surface area is 102 Å². The van der Waals surface area contributed by atoms with E-state index in [-0.39, 0.29) is 0 Å². The molecule has 0 aromatic carbocycles. The summed E-state index contributed by atoms with van der Waals surface area (Å²) in [6, 6.07) is 3.75. The highest BCUT2D eigenvalue weighted by Crippen LogP contribution is 2.31. The first-order valence-electron chi connectivity index (χ1n) is 5.43. The molecular weight excluding hydrogens is 230 g/mol. The third kappa shape index (κ3) is 1.24. The van der Waals surface area contributed by atoms with Crippen molar-refractivity contribution < 1.29 is 0 Å². The number of hydrogen-bond acceptors (Lipinski definition) is 7. The molecule has 0 fully saturated rings. The van der Waals surface area contributed by atoms with Gasteiger partial charge in [-0.2, -0.15) is 15.2 Å². The molecule has 18 heavy (non-hydrogen) atoms. The number of rotatable bonds is 1. The van der Waals surface area contributed by atoms with Crippen LogP contribution in [0.25, 0.3) is 11.3 Å². The summed E-state index contributed by atoms with van der Waals surface area (Å²) in [6.45, 7) is 0.632. The van der Waals surface area contributed by atoms with Crippen molar-refractivity contribution in [3.05, 3.63) is 36.2 Å². The van der Waals surface area contributed by atoms with E-state index in [1.54, 1.807) is 12.5 Å². The molecule has 3 aliphatic heterocycles. The van der Waals surface area contributed by atoms with Crippen LogP contribution in [0.5, 0.6) is 0 Å². The molecule has 0 saturated carbocycles. The van der Waals surface area contributed by atoms with Crippen molar-refractivity contribution in [3.8, 4) is 0 Å². The molecule has 3 aliphatic rings. The summed E-state index contributed by atoms with van der Waals surface area (Å²) in [5, 5.41) is 8.02. The summed E-state index contributed by atoms with van der Waals surface area (Å²) in [5.74, 6) is 1.19. The van der Waals surface area contributed by atoms with Crippen LogP contribution in [0, 0.1) is 0 Å². The molecule has 2 aromatic heterocycles. The maximum Gasteiger partial charge on any atom is 0.234 e. The van der Waals surface area contributed by atoms with E-state index in [9.17, 15) is 0 Å². The quantitative estimate of drug-likeness (QED) is 0.713. The lowest BCUT2D eigenvalue weighted by atomic mass is 10.1. The first-order valence-corrected chi connectivity index (χ1v) is 5.43. The van der Waals surface area contributed by atoms with Gasteiger partial charge in [0, 0.05) is 11.8 Å². The number of nitrogens with zero attached hydrogens (tertiary/aromatic N) is 7. The Hall–Kier alpha value is -2.70. The Morgan fingerprint density at radius 2 is 2.22 bits per heavy atom. The standard InChI is InChI=1S/C11H7N7/c1-2-8(17-15-3-1)7-4-18-6-14-9(7)10-12-5-13-11(18)16-10/h1-3,5-6H,4H2. The molecule has 5 rings (SSSR count). The van der Waals surface area contributed by atoms with Gasteiger partial charge in [0.15, 0.2) is 5.82 Å². The molecule has 4 bridgehead atoms. The van der Waals surface area contributed by atoms with Crippen molar-refractivity contribution in [1.82, 2.24) is 25.1 Å². The molecule has 0 aliphatic carbocycles. The summed E-state index contributed by atoms with van der Waals surface area (Å²) >= 11 is 0. The number of aliphatic imine (C=N–C) groups is 1. The first kappa shape index (κ1) is 9.34. The van der Waals surface area contributed by atoms with Gasteiger partial charge in [0.05, 0.1) is 18.6 Å². The van der Waals surface area contributed by atoms with Crippen molar-refractivity contribution in [2.75, 3.05) is 11.4 Å². The molecule has 2 aromatic rings. The van der Waals surface area contributed by atoms with Crippen LogP contribution < -0.4 is 4.90 Å². The minimum Gasteiger partial charge on any atom is -0.296 e. The zero-order valence-electron chi connectivity index (χ0n) is 9.22. The van der Waals surface area contributed by atoms with Gasteiger partial charge in [0.25, 0.3) is 0 Å². The zero-order chi connectivity index (χ0) is 11.9. The maximum absolute atomic E-state index is 4.38. The third-order valence-corrected chi connectivity index (χ3v) is 2.85. The summed E-state index contributed by atoms with van der Waals surface area (Å²) in [6.07, 6.45) is 4.86. The van der Waals surface area contributed by atoms with E-state index in [0.29, 0.717) is 18.3 Å². The van der Waals surface area contributed by atoms with Gasteiger partial charge in [-0.1, -0.05) is 0 Å². The van der Waals surface area contributed by atoms with Gasteiger partial charge in [-0.3, -0.25) is 4.90 Å². The molecule has 86 valence electrons. The van der Waals surface area contributed by atoms with E-state index in [1.165, 1.54) is 6.33 Å². The first-order chi connectivity index (χ1) is 8.92. The largest absolute Gasteiger partial charge is 0.296 e.